The van der Waals surface area contributed by atoms with E-state index < -0.39 is 0 Å². The average Bonchev–Trinajstić information content (AvgIpc) is 2.64. The van der Waals surface area contributed by atoms with Gasteiger partial charge in [0.1, 0.15) is 0 Å². The molecule has 0 radical (unpaired) electrons. The summed E-state index contributed by atoms with van der Waals surface area (Å²) < 4.78 is 0. The minimum absolute atomic E-state index is 0.0117. The van der Waals surface area contributed by atoms with Crippen molar-refractivity contribution in [3.8, 4) is 0 Å². The maximum absolute atomic E-state index is 2.37. The van der Waals surface area contributed by atoms with E-state index in [1.165, 1.54) is 16.7 Å². The number of hydrogen-bond acceptors (Lipinski definition) is 0. The highest BCUT2D eigenvalue weighted by molar-refractivity contribution is 5.39. The molecule has 0 N–H and O–H groups in total. The number of rotatable bonds is 5. The van der Waals surface area contributed by atoms with E-state index in [2.05, 4.69) is 105 Å². The second-order valence-electron chi connectivity index (χ2n) is 6.58. The van der Waals surface area contributed by atoms with Crippen molar-refractivity contribution in [1.29, 1.82) is 0 Å². The Balaban J connectivity index is 2.00. The molecule has 1 unspecified atom stereocenters. The third-order valence-electron chi connectivity index (χ3n) is 4.90. The summed E-state index contributed by atoms with van der Waals surface area (Å²) in [5, 5.41) is 0. The molecule has 0 aliphatic rings. The zero-order valence-electron chi connectivity index (χ0n) is 13.9. The van der Waals surface area contributed by atoms with Crippen LogP contribution >= 0.6 is 0 Å². The van der Waals surface area contributed by atoms with Crippen LogP contribution in [0.4, 0.5) is 0 Å². The lowest BCUT2D eigenvalue weighted by Crippen LogP contribution is -2.25. The lowest BCUT2D eigenvalue weighted by atomic mass is 9.70. The predicted octanol–water partition coefficient (Wildman–Crippen LogP) is 6.19. The Morgan fingerprint density at radius 1 is 0.652 bits per heavy atom. The first-order valence-corrected chi connectivity index (χ1v) is 8.36. The van der Waals surface area contributed by atoms with E-state index in [0.717, 1.165) is 6.42 Å². The van der Waals surface area contributed by atoms with Gasteiger partial charge in [-0.1, -0.05) is 105 Å². The normalized spacial score (nSPS) is 12.8. The molecule has 0 bridgehead atoms. The van der Waals surface area contributed by atoms with E-state index in [1.807, 2.05) is 0 Å². The Morgan fingerprint density at radius 3 is 1.48 bits per heavy atom. The van der Waals surface area contributed by atoms with Crippen LogP contribution in [0.15, 0.2) is 91.0 Å². The number of hydrogen-bond donors (Lipinski definition) is 0. The van der Waals surface area contributed by atoms with E-state index in [1.54, 1.807) is 0 Å². The molecule has 0 saturated heterocycles. The molecule has 0 aliphatic carbocycles. The monoisotopic (exact) mass is 300 g/mol. The molecule has 0 aliphatic heterocycles. The van der Waals surface area contributed by atoms with Crippen molar-refractivity contribution in [3.05, 3.63) is 108 Å². The molecule has 0 amide bonds. The van der Waals surface area contributed by atoms with Crippen LogP contribution in [0.3, 0.4) is 0 Å². The Labute approximate surface area is 139 Å². The molecule has 0 heteroatoms. The molecule has 3 aromatic carbocycles. The summed E-state index contributed by atoms with van der Waals surface area (Å²) in [6, 6.07) is 32.6. The molecular formula is C23H24. The van der Waals surface area contributed by atoms with Gasteiger partial charge in [0.25, 0.3) is 0 Å². The SMILES string of the molecule is CC(CC(C)(c1ccccc1)c1ccccc1)c1ccccc1. The highest BCUT2D eigenvalue weighted by Crippen LogP contribution is 2.40. The first-order valence-electron chi connectivity index (χ1n) is 8.36. The summed E-state index contributed by atoms with van der Waals surface area (Å²) in [7, 11) is 0. The van der Waals surface area contributed by atoms with Gasteiger partial charge in [-0.2, -0.15) is 0 Å². The number of benzene rings is 3. The smallest absolute Gasteiger partial charge is 0.0180 e. The standard InChI is InChI=1S/C23H24/c1-19(20-12-6-3-7-13-20)18-23(2,21-14-8-4-9-15-21)22-16-10-5-11-17-22/h3-17,19H,18H2,1-2H3. The first kappa shape index (κ1) is 15.6. The van der Waals surface area contributed by atoms with Gasteiger partial charge in [0, 0.05) is 5.41 Å². The Kier molecular flexibility index (Phi) is 4.62. The predicted molar refractivity (Wildman–Crippen MR) is 98.8 cm³/mol. The first-order chi connectivity index (χ1) is 11.2. The van der Waals surface area contributed by atoms with Gasteiger partial charge in [-0.05, 0) is 29.0 Å². The van der Waals surface area contributed by atoms with Crippen molar-refractivity contribution >= 4 is 0 Å². The summed E-state index contributed by atoms with van der Waals surface area (Å²) in [6.45, 7) is 4.70. The average molecular weight is 300 g/mol. The summed E-state index contributed by atoms with van der Waals surface area (Å²) >= 11 is 0. The zero-order chi connectivity index (χ0) is 16.1. The second kappa shape index (κ2) is 6.83. The third-order valence-corrected chi connectivity index (χ3v) is 4.90. The molecule has 0 nitrogen and oxygen atoms in total. The molecule has 3 aromatic rings. The van der Waals surface area contributed by atoms with Crippen LogP contribution < -0.4 is 0 Å². The molecule has 1 atom stereocenters. The molecule has 0 fully saturated rings. The van der Waals surface area contributed by atoms with Gasteiger partial charge < -0.3 is 0 Å². The van der Waals surface area contributed by atoms with Crippen molar-refractivity contribution < 1.29 is 0 Å². The van der Waals surface area contributed by atoms with Gasteiger partial charge in [0.2, 0.25) is 0 Å². The van der Waals surface area contributed by atoms with Crippen LogP contribution in [0, 0.1) is 0 Å². The van der Waals surface area contributed by atoms with E-state index in [0.29, 0.717) is 5.92 Å². The Hall–Kier alpha value is -2.34. The van der Waals surface area contributed by atoms with E-state index in [9.17, 15) is 0 Å². The fourth-order valence-corrected chi connectivity index (χ4v) is 3.53. The van der Waals surface area contributed by atoms with Gasteiger partial charge in [-0.15, -0.1) is 0 Å². The van der Waals surface area contributed by atoms with Gasteiger partial charge >= 0.3 is 0 Å². The van der Waals surface area contributed by atoms with Gasteiger partial charge in [0.05, 0.1) is 0 Å². The highest BCUT2D eigenvalue weighted by atomic mass is 14.3. The Bertz CT molecular complexity index is 674. The molecule has 0 aromatic heterocycles. The lowest BCUT2D eigenvalue weighted by Gasteiger charge is -2.34. The summed E-state index contributed by atoms with van der Waals surface area (Å²) in [5.74, 6) is 0.501. The fourth-order valence-electron chi connectivity index (χ4n) is 3.53. The van der Waals surface area contributed by atoms with Crippen molar-refractivity contribution in [2.75, 3.05) is 0 Å². The molecule has 0 heterocycles. The van der Waals surface area contributed by atoms with Crippen molar-refractivity contribution in [1.82, 2.24) is 0 Å². The quantitative estimate of drug-likeness (QED) is 0.527. The topological polar surface area (TPSA) is 0 Å². The molecule has 116 valence electrons. The Morgan fingerprint density at radius 2 is 1.04 bits per heavy atom. The van der Waals surface area contributed by atoms with Crippen molar-refractivity contribution in [3.63, 3.8) is 0 Å². The van der Waals surface area contributed by atoms with Crippen molar-refractivity contribution in [2.24, 2.45) is 0 Å². The minimum atomic E-state index is 0.0117. The largest absolute Gasteiger partial charge is 0.0622 e. The molecule has 0 saturated carbocycles. The summed E-state index contributed by atoms with van der Waals surface area (Å²) in [6.07, 6.45) is 1.09. The minimum Gasteiger partial charge on any atom is -0.0622 e. The molecule has 23 heavy (non-hydrogen) atoms. The summed E-state index contributed by atoms with van der Waals surface area (Å²) in [5.41, 5.74) is 4.19. The molecule has 3 rings (SSSR count). The van der Waals surface area contributed by atoms with Crippen LogP contribution in [0.2, 0.25) is 0 Å². The van der Waals surface area contributed by atoms with Gasteiger partial charge in [-0.3, -0.25) is 0 Å². The highest BCUT2D eigenvalue weighted by Gasteiger charge is 2.30. The van der Waals surface area contributed by atoms with Gasteiger partial charge in [0.15, 0.2) is 0 Å². The van der Waals surface area contributed by atoms with Crippen LogP contribution in [0.25, 0.3) is 0 Å². The molecular weight excluding hydrogens is 276 g/mol. The van der Waals surface area contributed by atoms with Crippen LogP contribution in [0.5, 0.6) is 0 Å². The van der Waals surface area contributed by atoms with E-state index in [4.69, 9.17) is 0 Å². The van der Waals surface area contributed by atoms with Crippen LogP contribution in [-0.4, -0.2) is 0 Å². The zero-order valence-corrected chi connectivity index (χ0v) is 13.9. The third kappa shape index (κ3) is 3.37. The second-order valence-corrected chi connectivity index (χ2v) is 6.58. The van der Waals surface area contributed by atoms with E-state index >= 15 is 0 Å². The van der Waals surface area contributed by atoms with Crippen molar-refractivity contribution in [2.45, 2.75) is 31.6 Å². The summed E-state index contributed by atoms with van der Waals surface area (Å²) in [4.78, 5) is 0. The lowest BCUT2D eigenvalue weighted by molar-refractivity contribution is 0.472. The maximum Gasteiger partial charge on any atom is 0.0180 e. The van der Waals surface area contributed by atoms with Crippen LogP contribution in [0.1, 0.15) is 42.9 Å². The fraction of sp³-hybridized carbons (Fsp3) is 0.217. The molecule has 0 spiro atoms. The van der Waals surface area contributed by atoms with E-state index in [-0.39, 0.29) is 5.41 Å². The maximum atomic E-state index is 2.37. The van der Waals surface area contributed by atoms with Gasteiger partial charge in [-0.25, -0.2) is 0 Å². The van der Waals surface area contributed by atoms with Crippen LogP contribution in [-0.2, 0) is 5.41 Å².